The molecule has 146 valence electrons. The number of rotatable bonds is 6. The summed E-state index contributed by atoms with van der Waals surface area (Å²) in [6.07, 6.45) is 1.95. The molecule has 0 spiro atoms. The molecule has 3 aromatic rings. The van der Waals surface area contributed by atoms with E-state index in [1.54, 1.807) is 24.3 Å². The van der Waals surface area contributed by atoms with Crippen LogP contribution >= 0.6 is 15.9 Å². The quantitative estimate of drug-likeness (QED) is 0.442. The molecule has 0 atom stereocenters. The second-order valence-electron chi connectivity index (χ2n) is 7.20. The average molecular weight is 451 g/mol. The predicted molar refractivity (Wildman–Crippen MR) is 114 cm³/mol. The lowest BCUT2D eigenvalue weighted by Gasteiger charge is -2.21. The van der Waals surface area contributed by atoms with Crippen molar-refractivity contribution in [2.45, 2.75) is 24.9 Å². The lowest BCUT2D eigenvalue weighted by Crippen LogP contribution is -2.36. The lowest BCUT2D eigenvalue weighted by atomic mass is 9.96. The van der Waals surface area contributed by atoms with Crippen molar-refractivity contribution in [2.75, 3.05) is 0 Å². The van der Waals surface area contributed by atoms with Crippen LogP contribution in [0.5, 0.6) is 0 Å². The van der Waals surface area contributed by atoms with Crippen molar-refractivity contribution in [3.05, 3.63) is 81.8 Å². The van der Waals surface area contributed by atoms with Gasteiger partial charge in [-0.05, 0) is 52.9 Å². The van der Waals surface area contributed by atoms with Crippen LogP contribution in [0.4, 0.5) is 0 Å². The summed E-state index contributed by atoms with van der Waals surface area (Å²) in [5.41, 5.74) is 1.85. The van der Waals surface area contributed by atoms with E-state index in [0.717, 1.165) is 33.7 Å². The first-order valence-electron chi connectivity index (χ1n) is 9.35. The molecule has 6 heteroatoms. The Balaban J connectivity index is 1.63. The van der Waals surface area contributed by atoms with Gasteiger partial charge in [0.1, 0.15) is 0 Å². The minimum Gasteiger partial charge on any atom is -0.346 e. The number of fused-ring (bicyclic) bond motifs is 1. The molecule has 29 heavy (non-hydrogen) atoms. The standard InChI is InChI=1S/C23H19BrN2O3/c24-17-11-15-5-1-3-7-18(15)20(12-17)23(9-10-23)26-22(29)19-8-4-2-6-16(19)13-25-21(28)14-27/h1-8,11-12,14H,9-10,13H2,(H,25,28)(H,26,29). The number of hydrogen-bond acceptors (Lipinski definition) is 3. The van der Waals surface area contributed by atoms with Crippen LogP contribution < -0.4 is 10.6 Å². The SMILES string of the molecule is O=CC(=O)NCc1ccccc1C(=O)NC1(c2cc(Br)cc3ccccc23)CC1. The fourth-order valence-corrected chi connectivity index (χ4v) is 4.14. The van der Waals surface area contributed by atoms with Gasteiger partial charge in [0, 0.05) is 16.6 Å². The van der Waals surface area contributed by atoms with Crippen molar-refractivity contribution in [3.8, 4) is 0 Å². The third kappa shape index (κ3) is 3.93. The second kappa shape index (κ2) is 7.79. The van der Waals surface area contributed by atoms with Crippen LogP contribution in [0.1, 0.15) is 34.3 Å². The van der Waals surface area contributed by atoms with E-state index >= 15 is 0 Å². The fraction of sp³-hybridized carbons (Fsp3) is 0.174. The molecule has 1 fully saturated rings. The predicted octanol–water partition coefficient (Wildman–Crippen LogP) is 3.84. The van der Waals surface area contributed by atoms with Crippen LogP contribution in [0, 0.1) is 0 Å². The summed E-state index contributed by atoms with van der Waals surface area (Å²) in [4.78, 5) is 34.9. The van der Waals surface area contributed by atoms with Crippen LogP contribution in [-0.2, 0) is 21.7 Å². The highest BCUT2D eigenvalue weighted by Crippen LogP contribution is 2.49. The minimum atomic E-state index is -0.709. The van der Waals surface area contributed by atoms with Gasteiger partial charge in [-0.3, -0.25) is 14.4 Å². The number of amides is 2. The average Bonchev–Trinajstić information content (AvgIpc) is 3.51. The first-order chi connectivity index (χ1) is 14.0. The Morgan fingerprint density at radius 1 is 1.03 bits per heavy atom. The van der Waals surface area contributed by atoms with Crippen LogP contribution in [0.25, 0.3) is 10.8 Å². The molecule has 4 rings (SSSR count). The minimum absolute atomic E-state index is 0.119. The molecule has 5 nitrogen and oxygen atoms in total. The van der Waals surface area contributed by atoms with E-state index in [-0.39, 0.29) is 18.7 Å². The van der Waals surface area contributed by atoms with Gasteiger partial charge in [-0.25, -0.2) is 0 Å². The summed E-state index contributed by atoms with van der Waals surface area (Å²) in [6.45, 7) is 0.119. The Hall–Kier alpha value is -2.99. The Labute approximate surface area is 176 Å². The van der Waals surface area contributed by atoms with Crippen molar-refractivity contribution < 1.29 is 14.4 Å². The summed E-state index contributed by atoms with van der Waals surface area (Å²) < 4.78 is 0.976. The zero-order valence-corrected chi connectivity index (χ0v) is 17.2. The van der Waals surface area contributed by atoms with E-state index in [1.807, 2.05) is 12.1 Å². The molecule has 0 aromatic heterocycles. The van der Waals surface area contributed by atoms with E-state index < -0.39 is 11.4 Å². The van der Waals surface area contributed by atoms with Gasteiger partial charge in [-0.1, -0.05) is 58.4 Å². The van der Waals surface area contributed by atoms with E-state index in [9.17, 15) is 14.4 Å². The number of carbonyl (C=O) groups excluding carboxylic acids is 3. The summed E-state index contributed by atoms with van der Waals surface area (Å²) >= 11 is 3.59. The normalized spacial score (nSPS) is 14.2. The van der Waals surface area contributed by atoms with Crippen molar-refractivity contribution in [3.63, 3.8) is 0 Å². The van der Waals surface area contributed by atoms with Gasteiger partial charge in [0.05, 0.1) is 5.54 Å². The highest BCUT2D eigenvalue weighted by atomic mass is 79.9. The molecule has 2 N–H and O–H groups in total. The van der Waals surface area contributed by atoms with Gasteiger partial charge in [-0.2, -0.15) is 0 Å². The smallest absolute Gasteiger partial charge is 0.284 e. The van der Waals surface area contributed by atoms with Gasteiger partial charge >= 0.3 is 0 Å². The van der Waals surface area contributed by atoms with Gasteiger partial charge in [-0.15, -0.1) is 0 Å². The highest BCUT2D eigenvalue weighted by Gasteiger charge is 2.47. The van der Waals surface area contributed by atoms with Crippen LogP contribution in [0.3, 0.4) is 0 Å². The maximum atomic E-state index is 13.1. The Kier molecular flexibility index (Phi) is 5.20. The first kappa shape index (κ1) is 19.3. The Morgan fingerprint density at radius 3 is 2.52 bits per heavy atom. The molecule has 0 unspecified atom stereocenters. The summed E-state index contributed by atoms with van der Waals surface area (Å²) in [5, 5.41) is 7.96. The summed E-state index contributed by atoms with van der Waals surface area (Å²) in [7, 11) is 0. The van der Waals surface area contributed by atoms with Crippen molar-refractivity contribution >= 4 is 44.8 Å². The maximum Gasteiger partial charge on any atom is 0.284 e. The topological polar surface area (TPSA) is 75.3 Å². The molecule has 1 saturated carbocycles. The van der Waals surface area contributed by atoms with E-state index in [0.29, 0.717) is 11.1 Å². The monoisotopic (exact) mass is 450 g/mol. The summed E-state index contributed by atoms with van der Waals surface area (Å²) in [5.74, 6) is -0.901. The third-order valence-corrected chi connectivity index (χ3v) is 5.72. The molecule has 1 aliphatic rings. The van der Waals surface area contributed by atoms with Crippen LogP contribution in [-0.4, -0.2) is 18.1 Å². The highest BCUT2D eigenvalue weighted by molar-refractivity contribution is 9.10. The van der Waals surface area contributed by atoms with Crippen molar-refractivity contribution in [1.29, 1.82) is 0 Å². The second-order valence-corrected chi connectivity index (χ2v) is 8.12. The Bertz CT molecular complexity index is 1120. The van der Waals surface area contributed by atoms with Gasteiger partial charge in [0.15, 0.2) is 0 Å². The fourth-order valence-electron chi connectivity index (χ4n) is 3.66. The zero-order valence-electron chi connectivity index (χ0n) is 15.6. The third-order valence-electron chi connectivity index (χ3n) is 5.27. The number of nitrogens with one attached hydrogen (secondary N) is 2. The molecular formula is C23H19BrN2O3. The van der Waals surface area contributed by atoms with Gasteiger partial charge in [0.2, 0.25) is 6.29 Å². The molecule has 1 aliphatic carbocycles. The van der Waals surface area contributed by atoms with Crippen LogP contribution in [0.15, 0.2) is 65.1 Å². The van der Waals surface area contributed by atoms with Crippen molar-refractivity contribution in [1.82, 2.24) is 10.6 Å². The van der Waals surface area contributed by atoms with E-state index in [4.69, 9.17) is 0 Å². The molecule has 0 aliphatic heterocycles. The largest absolute Gasteiger partial charge is 0.346 e. The van der Waals surface area contributed by atoms with Crippen LogP contribution in [0.2, 0.25) is 0 Å². The molecule has 2 amide bonds. The molecule has 0 heterocycles. The van der Waals surface area contributed by atoms with Crippen molar-refractivity contribution in [2.24, 2.45) is 0 Å². The molecular weight excluding hydrogens is 432 g/mol. The zero-order chi connectivity index (χ0) is 20.4. The number of halogens is 1. The van der Waals surface area contributed by atoms with Gasteiger partial charge in [0.25, 0.3) is 11.8 Å². The number of aldehydes is 1. The first-order valence-corrected chi connectivity index (χ1v) is 10.1. The van der Waals surface area contributed by atoms with E-state index in [1.165, 1.54) is 0 Å². The summed E-state index contributed by atoms with van der Waals surface area (Å²) in [6, 6.07) is 19.4. The molecule has 0 saturated heterocycles. The number of hydrogen-bond donors (Lipinski definition) is 2. The number of carbonyl (C=O) groups is 3. The molecule has 0 bridgehead atoms. The maximum absolute atomic E-state index is 13.1. The Morgan fingerprint density at radius 2 is 1.76 bits per heavy atom. The van der Waals surface area contributed by atoms with Gasteiger partial charge < -0.3 is 10.6 Å². The van der Waals surface area contributed by atoms with E-state index in [2.05, 4.69) is 50.8 Å². The lowest BCUT2D eigenvalue weighted by molar-refractivity contribution is -0.131. The molecule has 0 radical (unpaired) electrons. The number of benzene rings is 3. The molecule has 3 aromatic carbocycles.